The van der Waals surface area contributed by atoms with Crippen molar-refractivity contribution in [2.75, 3.05) is 31.1 Å². The Morgan fingerprint density at radius 3 is 2.63 bits per heavy atom. The number of halogens is 1. The number of hydrogen-bond acceptors (Lipinski definition) is 4. The molecule has 1 aromatic carbocycles. The van der Waals surface area contributed by atoms with Crippen molar-refractivity contribution >= 4 is 22.9 Å². The molecule has 4 nitrogen and oxygen atoms in total. The van der Waals surface area contributed by atoms with Crippen LogP contribution in [0.5, 0.6) is 0 Å². The zero-order valence-electron chi connectivity index (χ0n) is 15.8. The lowest BCUT2D eigenvalue weighted by molar-refractivity contribution is 0.0751. The van der Waals surface area contributed by atoms with Crippen LogP contribution in [0.3, 0.4) is 0 Å². The molecule has 0 saturated carbocycles. The fraction of sp³-hybridized carbons (Fsp3) is 0.429. The van der Waals surface area contributed by atoms with Crippen molar-refractivity contribution in [1.82, 2.24) is 4.90 Å². The summed E-state index contributed by atoms with van der Waals surface area (Å²) in [6.07, 6.45) is 3.05. The summed E-state index contributed by atoms with van der Waals surface area (Å²) in [5.74, 6) is -0.418. The van der Waals surface area contributed by atoms with Gasteiger partial charge in [0.2, 0.25) is 0 Å². The number of amides is 1. The highest BCUT2D eigenvalue weighted by atomic mass is 32.1. The van der Waals surface area contributed by atoms with E-state index in [2.05, 4.69) is 13.8 Å². The van der Waals surface area contributed by atoms with Gasteiger partial charge in [0.25, 0.3) is 5.91 Å². The minimum Gasteiger partial charge on any atom is -0.367 e. The molecule has 6 heteroatoms. The third-order valence-corrected chi connectivity index (χ3v) is 6.20. The molecule has 1 aliphatic rings. The summed E-state index contributed by atoms with van der Waals surface area (Å²) in [7, 11) is 0. The summed E-state index contributed by atoms with van der Waals surface area (Å²) in [6, 6.07) is 8.69. The van der Waals surface area contributed by atoms with Gasteiger partial charge in [-0.1, -0.05) is 26.3 Å². The molecule has 0 aliphatic carbocycles. The van der Waals surface area contributed by atoms with Gasteiger partial charge in [0, 0.05) is 31.1 Å². The van der Waals surface area contributed by atoms with E-state index in [0.717, 1.165) is 24.1 Å². The predicted molar refractivity (Wildman–Crippen MR) is 107 cm³/mol. The lowest BCUT2D eigenvalue weighted by Gasteiger charge is -2.36. The second kappa shape index (κ2) is 8.53. The smallest absolute Gasteiger partial charge is 0.264 e. The van der Waals surface area contributed by atoms with Crippen LogP contribution in [0.1, 0.15) is 45.9 Å². The van der Waals surface area contributed by atoms with Gasteiger partial charge in [0.05, 0.1) is 10.6 Å². The van der Waals surface area contributed by atoms with E-state index in [-0.39, 0.29) is 11.5 Å². The van der Waals surface area contributed by atoms with Crippen LogP contribution in [-0.4, -0.2) is 37.0 Å². The molecule has 1 aliphatic heterocycles. The van der Waals surface area contributed by atoms with Crippen molar-refractivity contribution in [3.05, 3.63) is 51.0 Å². The number of carbonyl (C=O) groups is 1. The molecule has 0 spiro atoms. The van der Waals surface area contributed by atoms with Crippen molar-refractivity contribution in [3.8, 4) is 6.07 Å². The van der Waals surface area contributed by atoms with Gasteiger partial charge in [0.15, 0.2) is 0 Å². The summed E-state index contributed by atoms with van der Waals surface area (Å²) in [5.41, 5.74) is 1.97. The largest absolute Gasteiger partial charge is 0.367 e. The number of benzene rings is 1. The highest BCUT2D eigenvalue weighted by Crippen LogP contribution is 2.27. The summed E-state index contributed by atoms with van der Waals surface area (Å²) < 4.78 is 13.9. The molecule has 1 saturated heterocycles. The van der Waals surface area contributed by atoms with Crippen LogP contribution in [0.4, 0.5) is 10.1 Å². The van der Waals surface area contributed by atoms with E-state index in [1.165, 1.54) is 16.5 Å². The van der Waals surface area contributed by atoms with E-state index in [9.17, 15) is 14.4 Å². The summed E-state index contributed by atoms with van der Waals surface area (Å²) in [6.45, 7) is 6.61. The van der Waals surface area contributed by atoms with Crippen molar-refractivity contribution in [1.29, 1.82) is 5.26 Å². The molecule has 1 aromatic heterocycles. The van der Waals surface area contributed by atoms with Gasteiger partial charge in [-0.05, 0) is 36.6 Å². The Balaban J connectivity index is 1.70. The first-order valence-corrected chi connectivity index (χ1v) is 10.2. The Labute approximate surface area is 163 Å². The molecular formula is C21H24FN3OS. The molecule has 3 rings (SSSR count). The number of thiophene rings is 1. The molecule has 0 atom stereocenters. The van der Waals surface area contributed by atoms with Crippen LogP contribution in [0.15, 0.2) is 24.3 Å². The van der Waals surface area contributed by atoms with Crippen LogP contribution in [-0.2, 0) is 12.8 Å². The first kappa shape index (κ1) is 19.4. The molecule has 0 N–H and O–H groups in total. The molecule has 1 amide bonds. The maximum atomic E-state index is 13.9. The summed E-state index contributed by atoms with van der Waals surface area (Å²) in [4.78, 5) is 18.9. The molecule has 27 heavy (non-hydrogen) atoms. The minimum absolute atomic E-state index is 0.0762. The lowest BCUT2D eigenvalue weighted by atomic mass is 10.1. The van der Waals surface area contributed by atoms with Gasteiger partial charge >= 0.3 is 0 Å². The third-order valence-electron chi connectivity index (χ3n) is 4.98. The first-order valence-electron chi connectivity index (χ1n) is 9.43. The minimum atomic E-state index is -0.498. The van der Waals surface area contributed by atoms with Crippen molar-refractivity contribution in [2.24, 2.45) is 0 Å². The van der Waals surface area contributed by atoms with Crippen LogP contribution in [0.2, 0.25) is 0 Å². The quantitative estimate of drug-likeness (QED) is 0.774. The molecular weight excluding hydrogens is 361 g/mol. The van der Waals surface area contributed by atoms with Crippen molar-refractivity contribution < 1.29 is 9.18 Å². The standard InChI is InChI=1S/C21H24FN3OS/c1-3-6-19-15(4-2)13-20(27-19)21(26)25-11-9-24(10-12-25)18-8-5-7-17(22)16(18)14-23/h5,7-8,13H,3-4,6,9-12H2,1-2H3. The number of carbonyl (C=O) groups excluding carboxylic acids is 1. The van der Waals surface area contributed by atoms with E-state index in [4.69, 9.17) is 0 Å². The normalized spacial score (nSPS) is 14.3. The maximum absolute atomic E-state index is 13.9. The zero-order valence-corrected chi connectivity index (χ0v) is 16.6. The average Bonchev–Trinajstić information content (AvgIpc) is 3.10. The monoisotopic (exact) mass is 385 g/mol. The van der Waals surface area contributed by atoms with E-state index in [0.29, 0.717) is 31.9 Å². The SMILES string of the molecule is CCCc1sc(C(=O)N2CCN(c3cccc(F)c3C#N)CC2)cc1CC. The van der Waals surface area contributed by atoms with Gasteiger partial charge in [-0.25, -0.2) is 4.39 Å². The van der Waals surface area contributed by atoms with E-state index in [1.807, 2.05) is 21.9 Å². The molecule has 2 aromatic rings. The Bertz CT molecular complexity index is 863. The maximum Gasteiger partial charge on any atom is 0.264 e. The average molecular weight is 386 g/mol. The Hall–Kier alpha value is -2.39. The lowest BCUT2D eigenvalue weighted by Crippen LogP contribution is -2.48. The second-order valence-corrected chi connectivity index (χ2v) is 7.82. The molecule has 2 heterocycles. The number of anilines is 1. The Morgan fingerprint density at radius 1 is 1.26 bits per heavy atom. The topological polar surface area (TPSA) is 47.3 Å². The molecule has 0 unspecified atom stereocenters. The number of nitrogens with zero attached hydrogens (tertiary/aromatic N) is 3. The highest BCUT2D eigenvalue weighted by molar-refractivity contribution is 7.14. The summed E-state index contributed by atoms with van der Waals surface area (Å²) >= 11 is 1.62. The zero-order chi connectivity index (χ0) is 19.4. The number of hydrogen-bond donors (Lipinski definition) is 0. The van der Waals surface area contributed by atoms with Gasteiger partial charge in [-0.15, -0.1) is 11.3 Å². The number of rotatable bonds is 5. The van der Waals surface area contributed by atoms with E-state index in [1.54, 1.807) is 23.5 Å². The van der Waals surface area contributed by atoms with Crippen molar-refractivity contribution in [3.63, 3.8) is 0 Å². The van der Waals surface area contributed by atoms with Crippen molar-refractivity contribution in [2.45, 2.75) is 33.1 Å². The van der Waals surface area contributed by atoms with Crippen LogP contribution in [0, 0.1) is 17.1 Å². The predicted octanol–water partition coefficient (Wildman–Crippen LogP) is 4.24. The van der Waals surface area contributed by atoms with Crippen LogP contribution in [0.25, 0.3) is 0 Å². The molecule has 0 bridgehead atoms. The second-order valence-electron chi connectivity index (χ2n) is 6.69. The number of aryl methyl sites for hydroxylation is 2. The molecule has 142 valence electrons. The fourth-order valence-corrected chi connectivity index (χ4v) is 4.83. The molecule has 0 radical (unpaired) electrons. The molecule has 1 fully saturated rings. The van der Waals surface area contributed by atoms with Gasteiger partial charge < -0.3 is 9.80 Å². The first-order chi connectivity index (χ1) is 13.1. The van der Waals surface area contributed by atoms with Gasteiger partial charge in [-0.3, -0.25) is 4.79 Å². The van der Waals surface area contributed by atoms with Crippen LogP contribution >= 0.6 is 11.3 Å². The van der Waals surface area contributed by atoms with Crippen LogP contribution < -0.4 is 4.90 Å². The Morgan fingerprint density at radius 2 is 2.00 bits per heavy atom. The third kappa shape index (κ3) is 3.98. The number of piperazine rings is 1. The van der Waals surface area contributed by atoms with Gasteiger partial charge in [0.1, 0.15) is 17.4 Å². The van der Waals surface area contributed by atoms with E-state index < -0.39 is 5.82 Å². The van der Waals surface area contributed by atoms with Gasteiger partial charge in [-0.2, -0.15) is 5.26 Å². The summed E-state index contributed by atoms with van der Waals surface area (Å²) in [5, 5.41) is 9.23. The Kier molecular flexibility index (Phi) is 6.12. The fourth-order valence-electron chi connectivity index (χ4n) is 3.50. The van der Waals surface area contributed by atoms with E-state index >= 15 is 0 Å². The highest BCUT2D eigenvalue weighted by Gasteiger charge is 2.25. The number of nitriles is 1.